The van der Waals surface area contributed by atoms with Gasteiger partial charge >= 0.3 is 0 Å². The third kappa shape index (κ3) is 8.18. The highest BCUT2D eigenvalue weighted by molar-refractivity contribution is 14.0. The molecule has 0 radical (unpaired) electrons. The van der Waals surface area contributed by atoms with Gasteiger partial charge in [-0.25, -0.2) is 9.38 Å². The zero-order valence-corrected chi connectivity index (χ0v) is 17.7. The number of hydrogen-bond donors (Lipinski definition) is 2. The van der Waals surface area contributed by atoms with Crippen LogP contribution in [-0.4, -0.2) is 50.2 Å². The summed E-state index contributed by atoms with van der Waals surface area (Å²) in [7, 11) is 3.42. The van der Waals surface area contributed by atoms with Gasteiger partial charge in [-0.1, -0.05) is 6.07 Å². The van der Waals surface area contributed by atoms with Crippen LogP contribution in [-0.2, 0) is 17.1 Å². The molecule has 8 heteroatoms. The summed E-state index contributed by atoms with van der Waals surface area (Å²) in [6, 6.07) is 4.76. The van der Waals surface area contributed by atoms with Gasteiger partial charge in [0.1, 0.15) is 5.82 Å². The Morgan fingerprint density at radius 3 is 2.58 bits per heavy atom. The minimum Gasteiger partial charge on any atom is -0.357 e. The number of amides is 1. The first-order valence-electron chi connectivity index (χ1n) is 7.46. The average molecular weight is 468 g/mol. The van der Waals surface area contributed by atoms with Gasteiger partial charge in [-0.15, -0.1) is 24.0 Å². The fourth-order valence-corrected chi connectivity index (χ4v) is 2.44. The zero-order chi connectivity index (χ0) is 17.2. The van der Waals surface area contributed by atoms with Crippen LogP contribution >= 0.6 is 35.7 Å². The van der Waals surface area contributed by atoms with Crippen molar-refractivity contribution in [1.29, 1.82) is 0 Å². The van der Waals surface area contributed by atoms with Crippen molar-refractivity contribution < 1.29 is 9.18 Å². The van der Waals surface area contributed by atoms with Gasteiger partial charge in [0.15, 0.2) is 5.96 Å². The zero-order valence-electron chi connectivity index (χ0n) is 14.6. The van der Waals surface area contributed by atoms with E-state index < -0.39 is 0 Å². The van der Waals surface area contributed by atoms with Crippen molar-refractivity contribution in [3.8, 4) is 0 Å². The number of carbonyl (C=O) groups is 1. The molecule has 1 amide bonds. The first-order valence-corrected chi connectivity index (χ1v) is 8.85. The molecule has 0 saturated heterocycles. The van der Waals surface area contributed by atoms with Crippen molar-refractivity contribution in [2.45, 2.75) is 19.2 Å². The monoisotopic (exact) mass is 468 g/mol. The standard InChI is InChI=1S/C16H25FN4OS.HI/c1-5-18-16(20-10-15(22)21(2)3)19-9-12-6-7-14(17)8-13(12)11-23-4;/h6-8H,5,9-11H2,1-4H3,(H2,18,19,20);1H. The average Bonchev–Trinajstić information content (AvgIpc) is 2.51. The molecule has 0 saturated carbocycles. The van der Waals surface area contributed by atoms with Gasteiger partial charge in [-0.3, -0.25) is 4.79 Å². The van der Waals surface area contributed by atoms with Gasteiger partial charge in [-0.2, -0.15) is 11.8 Å². The first kappa shape index (κ1) is 23.0. The number of rotatable bonds is 7. The number of halogens is 2. The molecule has 2 N–H and O–H groups in total. The van der Waals surface area contributed by atoms with Crippen LogP contribution in [0.4, 0.5) is 4.39 Å². The molecule has 0 spiro atoms. The maximum Gasteiger partial charge on any atom is 0.241 e. The number of likely N-dealkylation sites (N-methyl/N-ethyl adjacent to an activating group) is 1. The highest BCUT2D eigenvalue weighted by Gasteiger charge is 2.07. The van der Waals surface area contributed by atoms with E-state index in [1.54, 1.807) is 38.0 Å². The maximum atomic E-state index is 13.4. The molecule has 0 bridgehead atoms. The fraction of sp³-hybridized carbons (Fsp3) is 0.500. The Morgan fingerprint density at radius 1 is 1.29 bits per heavy atom. The summed E-state index contributed by atoms with van der Waals surface area (Å²) in [6.07, 6.45) is 1.98. The normalized spacial score (nSPS) is 10.8. The lowest BCUT2D eigenvalue weighted by Gasteiger charge is -2.14. The van der Waals surface area contributed by atoms with Crippen LogP contribution in [0, 0.1) is 5.82 Å². The number of thioether (sulfide) groups is 1. The van der Waals surface area contributed by atoms with Crippen LogP contribution in [0.1, 0.15) is 18.1 Å². The number of aliphatic imine (C=N–C) groups is 1. The Morgan fingerprint density at radius 2 is 2.00 bits per heavy atom. The van der Waals surface area contributed by atoms with Crippen LogP contribution in [0.15, 0.2) is 23.2 Å². The molecule has 0 aliphatic heterocycles. The summed E-state index contributed by atoms with van der Waals surface area (Å²) in [5, 5.41) is 6.10. The molecule has 24 heavy (non-hydrogen) atoms. The molecule has 0 aromatic heterocycles. The van der Waals surface area contributed by atoms with E-state index in [1.165, 1.54) is 11.0 Å². The highest BCUT2D eigenvalue weighted by Crippen LogP contribution is 2.17. The third-order valence-corrected chi connectivity index (χ3v) is 3.73. The number of nitrogens with zero attached hydrogens (tertiary/aromatic N) is 2. The second-order valence-electron chi connectivity index (χ2n) is 5.18. The Balaban J connectivity index is 0.00000529. The van der Waals surface area contributed by atoms with Gasteiger partial charge in [0.2, 0.25) is 5.91 Å². The number of hydrogen-bond acceptors (Lipinski definition) is 3. The summed E-state index contributed by atoms with van der Waals surface area (Å²) < 4.78 is 13.4. The minimum absolute atomic E-state index is 0. The topological polar surface area (TPSA) is 56.7 Å². The molecule has 5 nitrogen and oxygen atoms in total. The molecule has 0 fully saturated rings. The number of benzene rings is 1. The molecule has 0 atom stereocenters. The maximum absolute atomic E-state index is 13.4. The molecular weight excluding hydrogens is 442 g/mol. The largest absolute Gasteiger partial charge is 0.357 e. The second kappa shape index (κ2) is 12.3. The first-order chi connectivity index (χ1) is 11.0. The van der Waals surface area contributed by atoms with E-state index in [9.17, 15) is 9.18 Å². The molecule has 136 valence electrons. The van der Waals surface area contributed by atoms with E-state index in [0.717, 1.165) is 16.9 Å². The lowest BCUT2D eigenvalue weighted by molar-refractivity contribution is -0.127. The fourth-order valence-electron chi connectivity index (χ4n) is 1.86. The Kier molecular flexibility index (Phi) is 11.8. The third-order valence-electron chi connectivity index (χ3n) is 3.13. The van der Waals surface area contributed by atoms with Gasteiger partial charge in [0.05, 0.1) is 13.1 Å². The van der Waals surface area contributed by atoms with Gasteiger partial charge in [0.25, 0.3) is 0 Å². The van der Waals surface area contributed by atoms with Crippen molar-refractivity contribution >= 4 is 47.6 Å². The van der Waals surface area contributed by atoms with Crippen molar-refractivity contribution in [1.82, 2.24) is 15.5 Å². The molecule has 1 rings (SSSR count). The van der Waals surface area contributed by atoms with E-state index in [2.05, 4.69) is 15.6 Å². The predicted octanol–water partition coefficient (Wildman–Crippen LogP) is 2.45. The van der Waals surface area contributed by atoms with Crippen molar-refractivity contribution in [3.63, 3.8) is 0 Å². The summed E-state index contributed by atoms with van der Waals surface area (Å²) in [6.45, 7) is 3.27. The lowest BCUT2D eigenvalue weighted by Crippen LogP contribution is -2.42. The molecule has 0 aliphatic carbocycles. The summed E-state index contributed by atoms with van der Waals surface area (Å²) >= 11 is 1.64. The van der Waals surface area contributed by atoms with Gasteiger partial charge < -0.3 is 15.5 Å². The Bertz CT molecular complexity index is 555. The quantitative estimate of drug-likeness (QED) is 0.367. The van der Waals surface area contributed by atoms with Crippen LogP contribution in [0.5, 0.6) is 0 Å². The summed E-state index contributed by atoms with van der Waals surface area (Å²) in [4.78, 5) is 17.6. The van der Waals surface area contributed by atoms with E-state index in [4.69, 9.17) is 0 Å². The second-order valence-corrected chi connectivity index (χ2v) is 6.05. The van der Waals surface area contributed by atoms with E-state index >= 15 is 0 Å². The predicted molar refractivity (Wildman–Crippen MR) is 111 cm³/mol. The number of nitrogens with one attached hydrogen (secondary N) is 2. The van der Waals surface area contributed by atoms with E-state index in [-0.39, 0.29) is 42.2 Å². The van der Waals surface area contributed by atoms with E-state index in [0.29, 0.717) is 19.0 Å². The molecule has 1 aromatic carbocycles. The summed E-state index contributed by atoms with van der Waals surface area (Å²) in [5.74, 6) is 1.05. The van der Waals surface area contributed by atoms with Crippen molar-refractivity contribution in [3.05, 3.63) is 35.1 Å². The van der Waals surface area contributed by atoms with Crippen molar-refractivity contribution in [2.24, 2.45) is 4.99 Å². The van der Waals surface area contributed by atoms with Gasteiger partial charge in [-0.05, 0) is 36.4 Å². The number of guanidine groups is 1. The number of carbonyl (C=O) groups excluding carboxylic acids is 1. The molecule has 0 heterocycles. The van der Waals surface area contributed by atoms with Crippen LogP contribution in [0.2, 0.25) is 0 Å². The smallest absolute Gasteiger partial charge is 0.241 e. The Labute approximate surface area is 164 Å². The van der Waals surface area contributed by atoms with Gasteiger partial charge in [0, 0.05) is 26.4 Å². The molecule has 0 unspecified atom stereocenters. The van der Waals surface area contributed by atoms with Crippen molar-refractivity contribution in [2.75, 3.05) is 33.4 Å². The van der Waals surface area contributed by atoms with Crippen LogP contribution in [0.3, 0.4) is 0 Å². The SMILES string of the molecule is CCNC(=NCc1ccc(F)cc1CSC)NCC(=O)N(C)C.I. The van der Waals surface area contributed by atoms with E-state index in [1.807, 2.05) is 13.2 Å². The van der Waals surface area contributed by atoms with Crippen LogP contribution < -0.4 is 10.6 Å². The summed E-state index contributed by atoms with van der Waals surface area (Å²) in [5.41, 5.74) is 1.93. The lowest BCUT2D eigenvalue weighted by atomic mass is 10.1. The minimum atomic E-state index is -0.233. The molecule has 0 aliphatic rings. The highest BCUT2D eigenvalue weighted by atomic mass is 127. The Hall–Kier alpha value is -1.03. The van der Waals surface area contributed by atoms with Crippen LogP contribution in [0.25, 0.3) is 0 Å². The molecular formula is C16H26FIN4OS. The molecule has 1 aromatic rings.